The number of nitrogens with two attached hydrogens (primary N) is 1. The first kappa shape index (κ1) is 15.5. The van der Waals surface area contributed by atoms with Crippen LogP contribution >= 0.6 is 0 Å². The lowest BCUT2D eigenvalue weighted by molar-refractivity contribution is 0.285. The summed E-state index contributed by atoms with van der Waals surface area (Å²) in [4.78, 5) is 4.15. The van der Waals surface area contributed by atoms with E-state index in [0.717, 1.165) is 5.56 Å². The first-order chi connectivity index (χ1) is 9.79. The molecular weight excluding hydrogens is 292 g/mol. The summed E-state index contributed by atoms with van der Waals surface area (Å²) >= 11 is 0. The molecule has 1 aromatic carbocycles. The summed E-state index contributed by atoms with van der Waals surface area (Å²) in [7, 11) is -1.95. The molecule has 114 valence electrons. The molecule has 0 bridgehead atoms. The van der Waals surface area contributed by atoms with Crippen LogP contribution in [0.4, 0.5) is 0 Å². The van der Waals surface area contributed by atoms with Crippen molar-refractivity contribution < 1.29 is 13.2 Å². The number of rotatable bonds is 5. The Morgan fingerprint density at radius 3 is 2.62 bits per heavy atom. The molecule has 0 unspecified atom stereocenters. The number of ether oxygens (including phenoxy) is 1. The molecule has 0 saturated carbocycles. The van der Waals surface area contributed by atoms with Crippen LogP contribution in [0.3, 0.4) is 0 Å². The van der Waals surface area contributed by atoms with Crippen LogP contribution in [0.1, 0.15) is 31.2 Å². The number of nitrogens with zero attached hydrogens (tertiary/aromatic N) is 3. The SMILES string of the molecule is CC(C)c1cc(S(N)(=O)=O)ccc1OCc1ncnn1C. The van der Waals surface area contributed by atoms with Crippen LogP contribution in [0, 0.1) is 0 Å². The van der Waals surface area contributed by atoms with Crippen molar-refractivity contribution in [3.05, 3.63) is 35.9 Å². The first-order valence-electron chi connectivity index (χ1n) is 6.41. The van der Waals surface area contributed by atoms with Gasteiger partial charge in [-0.25, -0.2) is 18.5 Å². The molecule has 2 N–H and O–H groups in total. The highest BCUT2D eigenvalue weighted by molar-refractivity contribution is 7.89. The van der Waals surface area contributed by atoms with Crippen LogP contribution in [0.15, 0.2) is 29.4 Å². The van der Waals surface area contributed by atoms with Crippen molar-refractivity contribution in [2.75, 3.05) is 0 Å². The summed E-state index contributed by atoms with van der Waals surface area (Å²) in [5.74, 6) is 1.39. The molecule has 0 aliphatic heterocycles. The Labute approximate surface area is 123 Å². The van der Waals surface area contributed by atoms with Crippen LogP contribution in [0.25, 0.3) is 0 Å². The fourth-order valence-corrected chi connectivity index (χ4v) is 2.43. The molecule has 0 saturated heterocycles. The lowest BCUT2D eigenvalue weighted by Crippen LogP contribution is -2.13. The predicted molar refractivity (Wildman–Crippen MR) is 77.2 cm³/mol. The monoisotopic (exact) mass is 310 g/mol. The second-order valence-corrected chi connectivity index (χ2v) is 6.55. The maximum absolute atomic E-state index is 11.4. The minimum atomic E-state index is -3.72. The van der Waals surface area contributed by atoms with Gasteiger partial charge in [-0.1, -0.05) is 13.8 Å². The molecule has 0 fully saturated rings. The molecular formula is C13H18N4O3S. The molecule has 1 aromatic heterocycles. The first-order valence-corrected chi connectivity index (χ1v) is 7.96. The highest BCUT2D eigenvalue weighted by atomic mass is 32.2. The number of benzene rings is 1. The van der Waals surface area contributed by atoms with E-state index in [1.165, 1.54) is 12.4 Å². The lowest BCUT2D eigenvalue weighted by Gasteiger charge is -2.15. The zero-order chi connectivity index (χ0) is 15.6. The Morgan fingerprint density at radius 2 is 2.10 bits per heavy atom. The molecule has 2 rings (SSSR count). The van der Waals surface area contributed by atoms with Gasteiger partial charge in [-0.2, -0.15) is 5.10 Å². The zero-order valence-electron chi connectivity index (χ0n) is 12.1. The molecule has 0 radical (unpaired) electrons. The Hall–Kier alpha value is -1.93. The molecule has 2 aromatic rings. The van der Waals surface area contributed by atoms with E-state index in [1.807, 2.05) is 13.8 Å². The quantitative estimate of drug-likeness (QED) is 0.893. The van der Waals surface area contributed by atoms with Crippen molar-refractivity contribution in [2.45, 2.75) is 31.3 Å². The summed E-state index contributed by atoms with van der Waals surface area (Å²) in [6, 6.07) is 4.60. The molecule has 0 aliphatic rings. The van der Waals surface area contributed by atoms with Crippen LogP contribution in [-0.2, 0) is 23.7 Å². The largest absolute Gasteiger partial charge is 0.485 e. The van der Waals surface area contributed by atoms with Crippen LogP contribution in [0.2, 0.25) is 0 Å². The van der Waals surface area contributed by atoms with Gasteiger partial charge in [-0.3, -0.25) is 4.68 Å². The molecule has 0 spiro atoms. The average molecular weight is 310 g/mol. The maximum atomic E-state index is 11.4. The molecule has 0 amide bonds. The second-order valence-electron chi connectivity index (χ2n) is 4.99. The fraction of sp³-hybridized carbons (Fsp3) is 0.385. The molecule has 0 aliphatic carbocycles. The van der Waals surface area contributed by atoms with Gasteiger partial charge < -0.3 is 4.74 Å². The standard InChI is InChI=1S/C13H18N4O3S/c1-9(2)11-6-10(21(14,18)19)4-5-12(11)20-7-13-15-8-16-17(13)3/h4-6,8-9H,7H2,1-3H3,(H2,14,18,19). The minimum Gasteiger partial charge on any atom is -0.485 e. The number of primary sulfonamides is 1. The van der Waals surface area contributed by atoms with E-state index in [0.29, 0.717) is 11.6 Å². The fourth-order valence-electron chi connectivity index (χ4n) is 1.88. The van der Waals surface area contributed by atoms with Crippen molar-refractivity contribution in [2.24, 2.45) is 12.2 Å². The Kier molecular flexibility index (Phi) is 4.29. The van der Waals surface area contributed by atoms with E-state index in [1.54, 1.807) is 23.9 Å². The van der Waals surface area contributed by atoms with Crippen molar-refractivity contribution in [1.29, 1.82) is 0 Å². The van der Waals surface area contributed by atoms with E-state index >= 15 is 0 Å². The van der Waals surface area contributed by atoms with E-state index in [9.17, 15) is 8.42 Å². The number of sulfonamides is 1. The van der Waals surface area contributed by atoms with Gasteiger partial charge in [0.15, 0.2) is 5.82 Å². The summed E-state index contributed by atoms with van der Waals surface area (Å²) in [5, 5.41) is 9.12. The van der Waals surface area contributed by atoms with Crippen LogP contribution in [0.5, 0.6) is 5.75 Å². The molecule has 8 heteroatoms. The molecule has 0 atom stereocenters. The highest BCUT2D eigenvalue weighted by Gasteiger charge is 2.15. The van der Waals surface area contributed by atoms with E-state index < -0.39 is 10.0 Å². The summed E-state index contributed by atoms with van der Waals surface area (Å²) in [5.41, 5.74) is 0.781. The van der Waals surface area contributed by atoms with Crippen LogP contribution in [-0.4, -0.2) is 23.2 Å². The smallest absolute Gasteiger partial charge is 0.238 e. The van der Waals surface area contributed by atoms with Gasteiger partial charge in [0, 0.05) is 7.05 Å². The third-order valence-electron chi connectivity index (χ3n) is 3.09. The van der Waals surface area contributed by atoms with Gasteiger partial charge in [0.25, 0.3) is 0 Å². The summed E-state index contributed by atoms with van der Waals surface area (Å²) in [6.45, 7) is 4.17. The molecule has 21 heavy (non-hydrogen) atoms. The van der Waals surface area contributed by atoms with Gasteiger partial charge in [0.1, 0.15) is 18.7 Å². The van der Waals surface area contributed by atoms with Gasteiger partial charge in [-0.05, 0) is 29.7 Å². The van der Waals surface area contributed by atoms with E-state index in [-0.39, 0.29) is 17.4 Å². The average Bonchev–Trinajstić information content (AvgIpc) is 2.80. The van der Waals surface area contributed by atoms with Gasteiger partial charge in [-0.15, -0.1) is 0 Å². The normalized spacial score (nSPS) is 11.9. The lowest BCUT2D eigenvalue weighted by atomic mass is 10.0. The molecule has 1 heterocycles. The van der Waals surface area contributed by atoms with Crippen molar-refractivity contribution in [3.63, 3.8) is 0 Å². The third kappa shape index (κ3) is 3.59. The predicted octanol–water partition coefficient (Wildman–Crippen LogP) is 1.16. The topological polar surface area (TPSA) is 100 Å². The zero-order valence-corrected chi connectivity index (χ0v) is 13.0. The van der Waals surface area contributed by atoms with E-state index in [2.05, 4.69) is 10.1 Å². The third-order valence-corrected chi connectivity index (χ3v) is 4.00. The summed E-state index contributed by atoms with van der Waals surface area (Å²) in [6.07, 6.45) is 1.45. The van der Waals surface area contributed by atoms with Crippen molar-refractivity contribution >= 4 is 10.0 Å². The van der Waals surface area contributed by atoms with Gasteiger partial charge >= 0.3 is 0 Å². The van der Waals surface area contributed by atoms with E-state index in [4.69, 9.17) is 9.88 Å². The Balaban J connectivity index is 2.29. The number of aromatic nitrogens is 3. The molecule has 7 nitrogen and oxygen atoms in total. The van der Waals surface area contributed by atoms with Crippen molar-refractivity contribution in [3.8, 4) is 5.75 Å². The van der Waals surface area contributed by atoms with Crippen molar-refractivity contribution in [1.82, 2.24) is 14.8 Å². The van der Waals surface area contributed by atoms with Crippen LogP contribution < -0.4 is 9.88 Å². The highest BCUT2D eigenvalue weighted by Crippen LogP contribution is 2.29. The van der Waals surface area contributed by atoms with Gasteiger partial charge in [0.05, 0.1) is 4.90 Å². The minimum absolute atomic E-state index is 0.0807. The maximum Gasteiger partial charge on any atom is 0.238 e. The number of hydrogen-bond donors (Lipinski definition) is 1. The number of hydrogen-bond acceptors (Lipinski definition) is 5. The Bertz CT molecular complexity index is 738. The second kappa shape index (κ2) is 5.82. The summed E-state index contributed by atoms with van der Waals surface area (Å²) < 4.78 is 30.2. The number of aryl methyl sites for hydroxylation is 1. The Morgan fingerprint density at radius 1 is 1.38 bits per heavy atom. The van der Waals surface area contributed by atoms with Gasteiger partial charge in [0.2, 0.25) is 10.0 Å².